The van der Waals surface area contributed by atoms with Crippen LogP contribution in [0.2, 0.25) is 0 Å². The van der Waals surface area contributed by atoms with Gasteiger partial charge in [-0.3, -0.25) is 0 Å². The van der Waals surface area contributed by atoms with Gasteiger partial charge in [-0.05, 0) is 36.4 Å². The van der Waals surface area contributed by atoms with Crippen molar-refractivity contribution in [2.24, 2.45) is 0 Å². The maximum atomic E-state index is 12.4. The van der Waals surface area contributed by atoms with Crippen molar-refractivity contribution < 1.29 is 8.42 Å². The third-order valence-electron chi connectivity index (χ3n) is 2.96. The second-order valence-electron chi connectivity index (χ2n) is 5.13. The number of benzene rings is 1. The highest BCUT2D eigenvalue weighted by molar-refractivity contribution is 9.10. The average Bonchev–Trinajstić information content (AvgIpc) is 2.39. The number of thioether (sulfide) groups is 1. The van der Waals surface area contributed by atoms with E-state index in [1.54, 1.807) is 17.8 Å². The van der Waals surface area contributed by atoms with Crippen molar-refractivity contribution in [1.82, 2.24) is 10.0 Å². The maximum Gasteiger partial charge on any atom is 0.240 e. The van der Waals surface area contributed by atoms with Crippen LogP contribution in [-0.2, 0) is 16.6 Å². The summed E-state index contributed by atoms with van der Waals surface area (Å²) in [4.78, 5) is 0.346. The summed E-state index contributed by atoms with van der Waals surface area (Å²) in [7, 11) is -3.47. The van der Waals surface area contributed by atoms with E-state index >= 15 is 0 Å². The molecule has 1 aromatic carbocycles. The molecule has 0 aliphatic carbocycles. The van der Waals surface area contributed by atoms with Gasteiger partial charge in [-0.2, -0.15) is 11.8 Å². The second kappa shape index (κ2) is 8.53. The summed E-state index contributed by atoms with van der Waals surface area (Å²) in [5.74, 6) is 0.758. The lowest BCUT2D eigenvalue weighted by Gasteiger charge is -2.14. The second-order valence-corrected chi connectivity index (χ2v) is 8.70. The Hall–Kier alpha value is -0.0800. The van der Waals surface area contributed by atoms with Gasteiger partial charge in [-0.25, -0.2) is 13.1 Å². The first kappa shape index (κ1) is 19.0. The van der Waals surface area contributed by atoms with E-state index in [2.05, 4.69) is 39.8 Å². The SMILES string of the molecule is CSCCNS(=O)(=O)c1cc(CNC(C)C)cc(Br)c1C. The van der Waals surface area contributed by atoms with E-state index in [0.717, 1.165) is 21.4 Å². The van der Waals surface area contributed by atoms with Gasteiger partial charge in [0.15, 0.2) is 0 Å². The molecular weight excluding hydrogens is 372 g/mol. The summed E-state index contributed by atoms with van der Waals surface area (Å²) in [5, 5.41) is 3.30. The molecule has 0 atom stereocenters. The third kappa shape index (κ3) is 5.90. The van der Waals surface area contributed by atoms with E-state index in [-0.39, 0.29) is 0 Å². The number of hydrogen-bond donors (Lipinski definition) is 2. The molecule has 4 nitrogen and oxygen atoms in total. The summed E-state index contributed by atoms with van der Waals surface area (Å²) >= 11 is 5.07. The van der Waals surface area contributed by atoms with Gasteiger partial charge in [0.25, 0.3) is 0 Å². The van der Waals surface area contributed by atoms with E-state index < -0.39 is 10.0 Å². The van der Waals surface area contributed by atoms with Crippen LogP contribution in [0.3, 0.4) is 0 Å². The van der Waals surface area contributed by atoms with E-state index in [0.29, 0.717) is 24.0 Å². The fourth-order valence-corrected chi connectivity index (χ4v) is 4.19. The van der Waals surface area contributed by atoms with Gasteiger partial charge < -0.3 is 5.32 Å². The molecule has 0 saturated carbocycles. The highest BCUT2D eigenvalue weighted by Gasteiger charge is 2.19. The van der Waals surface area contributed by atoms with E-state index in [1.807, 2.05) is 19.2 Å². The van der Waals surface area contributed by atoms with Crippen molar-refractivity contribution in [2.45, 2.75) is 38.3 Å². The number of hydrogen-bond acceptors (Lipinski definition) is 4. The first-order valence-electron chi connectivity index (χ1n) is 6.79. The normalized spacial score (nSPS) is 12.1. The fraction of sp³-hybridized carbons (Fsp3) is 0.571. The molecule has 2 N–H and O–H groups in total. The number of halogens is 1. The summed E-state index contributed by atoms with van der Waals surface area (Å²) in [5.41, 5.74) is 1.69. The maximum absolute atomic E-state index is 12.4. The van der Waals surface area contributed by atoms with Gasteiger partial charge in [0.2, 0.25) is 10.0 Å². The minimum Gasteiger partial charge on any atom is -0.310 e. The molecule has 0 heterocycles. The first-order valence-corrected chi connectivity index (χ1v) is 10.5. The molecule has 0 unspecified atom stereocenters. The summed E-state index contributed by atoms with van der Waals surface area (Å²) in [6, 6.07) is 4.06. The predicted octanol–water partition coefficient (Wildman–Crippen LogP) is 2.90. The molecule has 21 heavy (non-hydrogen) atoms. The van der Waals surface area contributed by atoms with Crippen LogP contribution in [0.15, 0.2) is 21.5 Å². The lowest BCUT2D eigenvalue weighted by molar-refractivity contribution is 0.580. The van der Waals surface area contributed by atoms with Gasteiger partial charge >= 0.3 is 0 Å². The van der Waals surface area contributed by atoms with Crippen LogP contribution in [0.1, 0.15) is 25.0 Å². The Kier molecular flexibility index (Phi) is 7.70. The summed E-state index contributed by atoms with van der Waals surface area (Å²) in [6.07, 6.45) is 1.95. The largest absolute Gasteiger partial charge is 0.310 e. The zero-order chi connectivity index (χ0) is 16.0. The topological polar surface area (TPSA) is 58.2 Å². The minimum absolute atomic E-state index is 0.346. The van der Waals surface area contributed by atoms with Gasteiger partial charge in [-0.1, -0.05) is 29.8 Å². The first-order chi connectivity index (χ1) is 9.77. The van der Waals surface area contributed by atoms with Crippen LogP contribution in [0.4, 0.5) is 0 Å². The molecule has 1 aromatic rings. The van der Waals surface area contributed by atoms with Crippen LogP contribution in [0, 0.1) is 6.92 Å². The molecule has 0 aliphatic rings. The van der Waals surface area contributed by atoms with E-state index in [1.165, 1.54) is 0 Å². The Morgan fingerprint density at radius 1 is 1.33 bits per heavy atom. The number of rotatable bonds is 8. The van der Waals surface area contributed by atoms with Crippen molar-refractivity contribution in [3.63, 3.8) is 0 Å². The Bertz CT molecular complexity index is 575. The van der Waals surface area contributed by atoms with Crippen molar-refractivity contribution >= 4 is 37.7 Å². The van der Waals surface area contributed by atoms with Gasteiger partial charge in [0.05, 0.1) is 4.90 Å². The van der Waals surface area contributed by atoms with Gasteiger partial charge in [0, 0.05) is 29.4 Å². The summed E-state index contributed by atoms with van der Waals surface area (Å²) < 4.78 is 28.3. The molecule has 0 fully saturated rings. The molecule has 0 saturated heterocycles. The predicted molar refractivity (Wildman–Crippen MR) is 94.4 cm³/mol. The highest BCUT2D eigenvalue weighted by Crippen LogP contribution is 2.25. The van der Waals surface area contributed by atoms with E-state index in [9.17, 15) is 8.42 Å². The molecular formula is C14H23BrN2O2S2. The highest BCUT2D eigenvalue weighted by atomic mass is 79.9. The quantitative estimate of drug-likeness (QED) is 0.665. The fourth-order valence-electron chi connectivity index (χ4n) is 1.77. The molecule has 7 heteroatoms. The molecule has 0 spiro atoms. The lowest BCUT2D eigenvalue weighted by atomic mass is 10.1. The Morgan fingerprint density at radius 2 is 2.00 bits per heavy atom. The Morgan fingerprint density at radius 3 is 2.57 bits per heavy atom. The molecule has 0 radical (unpaired) electrons. The van der Waals surface area contributed by atoms with Crippen molar-refractivity contribution in [3.8, 4) is 0 Å². The Balaban J connectivity index is 3.04. The molecule has 120 valence electrons. The average molecular weight is 395 g/mol. The van der Waals surface area contributed by atoms with E-state index in [4.69, 9.17) is 0 Å². The van der Waals surface area contributed by atoms with Crippen molar-refractivity contribution in [3.05, 3.63) is 27.7 Å². The van der Waals surface area contributed by atoms with Crippen LogP contribution in [0.5, 0.6) is 0 Å². The smallest absolute Gasteiger partial charge is 0.240 e. The van der Waals surface area contributed by atoms with Gasteiger partial charge in [-0.15, -0.1) is 0 Å². The summed E-state index contributed by atoms with van der Waals surface area (Å²) in [6.45, 7) is 7.02. The number of sulfonamides is 1. The van der Waals surface area contributed by atoms with Crippen LogP contribution in [-0.4, -0.2) is 33.0 Å². The number of nitrogens with one attached hydrogen (secondary N) is 2. The van der Waals surface area contributed by atoms with Crippen LogP contribution in [0.25, 0.3) is 0 Å². The van der Waals surface area contributed by atoms with Crippen molar-refractivity contribution in [2.75, 3.05) is 18.6 Å². The lowest BCUT2D eigenvalue weighted by Crippen LogP contribution is -2.27. The monoisotopic (exact) mass is 394 g/mol. The Labute approximate surface area is 140 Å². The molecule has 0 amide bonds. The van der Waals surface area contributed by atoms with Crippen LogP contribution < -0.4 is 10.0 Å². The zero-order valence-electron chi connectivity index (χ0n) is 12.9. The third-order valence-corrected chi connectivity index (χ3v) is 5.98. The molecule has 0 aliphatic heterocycles. The molecule has 1 rings (SSSR count). The van der Waals surface area contributed by atoms with Crippen LogP contribution >= 0.6 is 27.7 Å². The zero-order valence-corrected chi connectivity index (χ0v) is 16.1. The molecule has 0 aromatic heterocycles. The molecule has 0 bridgehead atoms. The minimum atomic E-state index is -3.47. The van der Waals surface area contributed by atoms with Gasteiger partial charge in [0.1, 0.15) is 0 Å². The van der Waals surface area contributed by atoms with Crippen molar-refractivity contribution in [1.29, 1.82) is 0 Å². The standard InChI is InChI=1S/C14H23BrN2O2S2/c1-10(2)16-9-12-7-13(15)11(3)14(8-12)21(18,19)17-5-6-20-4/h7-8,10,16-17H,5-6,9H2,1-4H3.